The fourth-order valence-corrected chi connectivity index (χ4v) is 6.22. The molecule has 0 bridgehead atoms. The van der Waals surface area contributed by atoms with Crippen molar-refractivity contribution < 1.29 is 9.59 Å². The normalized spacial score (nSPS) is 14.3. The maximum absolute atomic E-state index is 13.8. The average molecular weight is 590 g/mol. The topological polar surface area (TPSA) is 49.4 Å². The number of amides is 2. The van der Waals surface area contributed by atoms with Crippen LogP contribution in [0.25, 0.3) is 0 Å². The molecule has 8 heteroatoms. The minimum atomic E-state index is -0.666. The van der Waals surface area contributed by atoms with Gasteiger partial charge in [-0.1, -0.05) is 102 Å². The first-order valence-electron chi connectivity index (χ1n) is 12.8. The van der Waals surface area contributed by atoms with Gasteiger partial charge in [0.25, 0.3) is 0 Å². The number of thioether (sulfide) groups is 1. The molecule has 1 fully saturated rings. The number of rotatable bonds is 11. The van der Waals surface area contributed by atoms with Gasteiger partial charge < -0.3 is 10.2 Å². The monoisotopic (exact) mass is 588 g/mol. The zero-order valence-corrected chi connectivity index (χ0v) is 24.1. The van der Waals surface area contributed by atoms with Crippen molar-refractivity contribution in [2.75, 3.05) is 5.75 Å². The van der Waals surface area contributed by atoms with Crippen LogP contribution < -0.4 is 5.32 Å². The second kappa shape index (κ2) is 14.3. The van der Waals surface area contributed by atoms with Gasteiger partial charge in [0.1, 0.15) is 6.04 Å². The van der Waals surface area contributed by atoms with E-state index in [2.05, 4.69) is 5.32 Å². The highest BCUT2D eigenvalue weighted by atomic mass is 35.5. The number of carbonyl (C=O) groups is 2. The SMILES string of the molecule is O=C(NC1CCCC1)C(Cc1ccccc1)N(Cc1ccc(Cl)c(Cl)c1)C(=O)CSCc1ccccc1Cl. The molecule has 200 valence electrons. The van der Waals surface area contributed by atoms with Crippen LogP contribution in [0.3, 0.4) is 0 Å². The van der Waals surface area contributed by atoms with Gasteiger partial charge in [-0.2, -0.15) is 0 Å². The van der Waals surface area contributed by atoms with Gasteiger partial charge in [-0.3, -0.25) is 9.59 Å². The molecule has 1 unspecified atom stereocenters. The molecule has 1 atom stereocenters. The van der Waals surface area contributed by atoms with E-state index in [4.69, 9.17) is 34.8 Å². The summed E-state index contributed by atoms with van der Waals surface area (Å²) < 4.78 is 0. The van der Waals surface area contributed by atoms with Crippen LogP contribution in [-0.4, -0.2) is 34.6 Å². The Hall–Kier alpha value is -2.18. The van der Waals surface area contributed by atoms with Crippen molar-refractivity contribution in [3.05, 3.63) is 105 Å². The lowest BCUT2D eigenvalue weighted by Gasteiger charge is -2.32. The van der Waals surface area contributed by atoms with Crippen molar-refractivity contribution >= 4 is 58.4 Å². The standard InChI is InChI=1S/C30H31Cl3N2O2S/c31-25-13-7-4-10-23(25)19-38-20-29(36)35(18-22-14-15-26(32)27(33)16-22)28(17-21-8-2-1-3-9-21)30(37)34-24-11-5-6-12-24/h1-4,7-10,13-16,24,28H,5-6,11-12,17-20H2,(H,34,37). The molecule has 1 N–H and O–H groups in total. The highest BCUT2D eigenvalue weighted by molar-refractivity contribution is 7.99. The van der Waals surface area contributed by atoms with Crippen LogP contribution in [0.15, 0.2) is 72.8 Å². The summed E-state index contributed by atoms with van der Waals surface area (Å²) in [5.41, 5.74) is 2.79. The zero-order chi connectivity index (χ0) is 26.9. The highest BCUT2D eigenvalue weighted by Gasteiger charge is 2.32. The van der Waals surface area contributed by atoms with Gasteiger partial charge >= 0.3 is 0 Å². The van der Waals surface area contributed by atoms with Gasteiger partial charge in [0.15, 0.2) is 0 Å². The van der Waals surface area contributed by atoms with E-state index >= 15 is 0 Å². The van der Waals surface area contributed by atoms with Crippen molar-refractivity contribution in [1.82, 2.24) is 10.2 Å². The molecule has 0 radical (unpaired) electrons. The van der Waals surface area contributed by atoms with E-state index < -0.39 is 6.04 Å². The maximum Gasteiger partial charge on any atom is 0.243 e. The summed E-state index contributed by atoms with van der Waals surface area (Å²) in [5.74, 6) is 0.582. The Morgan fingerprint density at radius 2 is 1.58 bits per heavy atom. The fourth-order valence-electron chi connectivity index (χ4n) is 4.70. The van der Waals surface area contributed by atoms with Gasteiger partial charge in [0, 0.05) is 29.8 Å². The fraction of sp³-hybridized carbons (Fsp3) is 0.333. The van der Waals surface area contributed by atoms with Crippen LogP contribution in [-0.2, 0) is 28.3 Å². The number of hydrogen-bond acceptors (Lipinski definition) is 3. The van der Waals surface area contributed by atoms with E-state index in [1.807, 2.05) is 60.7 Å². The van der Waals surface area contributed by atoms with Crippen LogP contribution >= 0.6 is 46.6 Å². The predicted octanol–water partition coefficient (Wildman–Crippen LogP) is 7.58. The minimum absolute atomic E-state index is 0.115. The largest absolute Gasteiger partial charge is 0.352 e. The maximum atomic E-state index is 13.8. The van der Waals surface area contributed by atoms with Gasteiger partial charge in [-0.15, -0.1) is 11.8 Å². The van der Waals surface area contributed by atoms with Crippen LogP contribution in [0.4, 0.5) is 0 Å². The van der Waals surface area contributed by atoms with Crippen LogP contribution in [0.5, 0.6) is 0 Å². The first-order valence-corrected chi connectivity index (χ1v) is 15.1. The Morgan fingerprint density at radius 3 is 2.29 bits per heavy atom. The minimum Gasteiger partial charge on any atom is -0.352 e. The number of halogens is 3. The average Bonchev–Trinajstić information content (AvgIpc) is 3.43. The van der Waals surface area contributed by atoms with Gasteiger partial charge in [-0.25, -0.2) is 0 Å². The van der Waals surface area contributed by atoms with Gasteiger partial charge in [-0.05, 0) is 47.7 Å². The molecule has 1 aliphatic carbocycles. The molecule has 1 aliphatic rings. The predicted molar refractivity (Wildman–Crippen MR) is 159 cm³/mol. The molecule has 0 spiro atoms. The molecule has 38 heavy (non-hydrogen) atoms. The Labute approximate surface area is 244 Å². The Morgan fingerprint density at radius 1 is 0.868 bits per heavy atom. The molecule has 0 aromatic heterocycles. The molecule has 0 saturated heterocycles. The van der Waals surface area contributed by atoms with E-state index in [0.29, 0.717) is 27.2 Å². The van der Waals surface area contributed by atoms with E-state index in [9.17, 15) is 9.59 Å². The summed E-state index contributed by atoms with van der Waals surface area (Å²) in [4.78, 5) is 29.2. The van der Waals surface area contributed by atoms with E-state index in [0.717, 1.165) is 42.4 Å². The Bertz CT molecular complexity index is 1240. The molecular weight excluding hydrogens is 559 g/mol. The Kier molecular flexibility index (Phi) is 10.8. The number of nitrogens with zero attached hydrogens (tertiary/aromatic N) is 1. The molecule has 3 aromatic carbocycles. The first kappa shape index (κ1) is 28.8. The van der Waals surface area contributed by atoms with E-state index in [1.54, 1.807) is 17.0 Å². The van der Waals surface area contributed by atoms with Gasteiger partial charge in [0.05, 0.1) is 15.8 Å². The van der Waals surface area contributed by atoms with Crippen molar-refractivity contribution in [2.45, 2.75) is 56.5 Å². The third-order valence-electron chi connectivity index (χ3n) is 6.75. The molecule has 2 amide bonds. The lowest BCUT2D eigenvalue weighted by molar-refractivity contribution is -0.139. The first-order chi connectivity index (χ1) is 18.4. The van der Waals surface area contributed by atoms with E-state index in [-0.39, 0.29) is 30.2 Å². The molecule has 4 nitrogen and oxygen atoms in total. The van der Waals surface area contributed by atoms with Crippen LogP contribution in [0, 0.1) is 0 Å². The van der Waals surface area contributed by atoms with Crippen molar-refractivity contribution in [3.8, 4) is 0 Å². The molecule has 1 saturated carbocycles. The third kappa shape index (κ3) is 8.16. The third-order valence-corrected chi connectivity index (χ3v) is 8.82. The molecule has 0 heterocycles. The molecular formula is C30H31Cl3N2O2S. The van der Waals surface area contributed by atoms with Crippen LogP contribution in [0.1, 0.15) is 42.4 Å². The van der Waals surface area contributed by atoms with Crippen molar-refractivity contribution in [2.24, 2.45) is 0 Å². The van der Waals surface area contributed by atoms with Crippen LogP contribution in [0.2, 0.25) is 15.1 Å². The summed E-state index contributed by atoms with van der Waals surface area (Å²) in [6.07, 6.45) is 4.58. The second-order valence-corrected chi connectivity index (χ2v) is 11.8. The summed E-state index contributed by atoms with van der Waals surface area (Å²) in [5, 5.41) is 4.77. The lowest BCUT2D eigenvalue weighted by atomic mass is 10.0. The van der Waals surface area contributed by atoms with Crippen molar-refractivity contribution in [3.63, 3.8) is 0 Å². The Balaban J connectivity index is 1.59. The summed E-state index contributed by atoms with van der Waals surface area (Å²) in [7, 11) is 0. The second-order valence-electron chi connectivity index (χ2n) is 9.55. The molecule has 4 rings (SSSR count). The number of benzene rings is 3. The quantitative estimate of drug-likeness (QED) is 0.251. The number of hydrogen-bond donors (Lipinski definition) is 1. The lowest BCUT2D eigenvalue weighted by Crippen LogP contribution is -2.52. The number of nitrogens with one attached hydrogen (secondary N) is 1. The smallest absolute Gasteiger partial charge is 0.243 e. The highest BCUT2D eigenvalue weighted by Crippen LogP contribution is 2.26. The van der Waals surface area contributed by atoms with E-state index in [1.165, 1.54) is 11.8 Å². The number of carbonyl (C=O) groups excluding carboxylic acids is 2. The zero-order valence-electron chi connectivity index (χ0n) is 21.0. The molecule has 3 aromatic rings. The summed E-state index contributed by atoms with van der Waals surface area (Å²) >= 11 is 20.2. The van der Waals surface area contributed by atoms with Crippen molar-refractivity contribution in [1.29, 1.82) is 0 Å². The summed E-state index contributed by atoms with van der Waals surface area (Å²) in [6, 6.07) is 22.3. The molecule has 0 aliphatic heterocycles. The van der Waals surface area contributed by atoms with Gasteiger partial charge in [0.2, 0.25) is 11.8 Å². The summed E-state index contributed by atoms with van der Waals surface area (Å²) in [6.45, 7) is 0.248.